The molecule has 0 atom stereocenters. The summed E-state index contributed by atoms with van der Waals surface area (Å²) in [6, 6.07) is 0. The molecule has 0 radical (unpaired) electrons. The Balaban J connectivity index is 0. The second kappa shape index (κ2) is 6.92. The molecule has 1 aliphatic rings. The molecule has 1 heterocycles. The zero-order valence-electron chi connectivity index (χ0n) is 4.68. The van der Waals surface area contributed by atoms with Gasteiger partial charge < -0.3 is 10.2 Å². The van der Waals surface area contributed by atoms with Gasteiger partial charge in [0.05, 0.1) is 0 Å². The van der Waals surface area contributed by atoms with Crippen molar-refractivity contribution in [1.29, 1.82) is 0 Å². The second-order valence-electron chi connectivity index (χ2n) is 1.32. The van der Waals surface area contributed by atoms with E-state index in [2.05, 4.69) is 0 Å². The number of hydrogen-bond donors (Lipinski definition) is 0. The average Bonchev–Trinajstić information content (AvgIpc) is 1.76. The van der Waals surface area contributed by atoms with Gasteiger partial charge in [0.1, 0.15) is 0 Å². The van der Waals surface area contributed by atoms with Crippen LogP contribution in [-0.2, 0) is 4.74 Å². The molecule has 0 amide bonds. The van der Waals surface area contributed by atoms with E-state index in [-0.39, 0.29) is 35.0 Å². The minimum Gasteiger partial charge on any atom is -0.870 e. The van der Waals surface area contributed by atoms with Crippen molar-refractivity contribution in [3.63, 3.8) is 0 Å². The molecule has 0 spiro atoms. The maximum Gasteiger partial charge on any atom is 1.00 e. The molecule has 0 bridgehead atoms. The first-order valence-corrected chi connectivity index (χ1v) is 2.08. The molecule has 1 fully saturated rings. The average molecular weight is 112 g/mol. The van der Waals surface area contributed by atoms with Crippen molar-refractivity contribution in [2.45, 2.75) is 12.8 Å². The van der Waals surface area contributed by atoms with Crippen molar-refractivity contribution >= 4 is 0 Å². The second-order valence-corrected chi connectivity index (χ2v) is 1.32. The molecular weight excluding hydrogens is 103 g/mol. The van der Waals surface area contributed by atoms with Crippen molar-refractivity contribution in [3.05, 3.63) is 0 Å². The van der Waals surface area contributed by atoms with E-state index in [1.807, 2.05) is 0 Å². The van der Waals surface area contributed by atoms with E-state index in [1.54, 1.807) is 0 Å². The molecule has 0 aromatic rings. The molecule has 0 aromatic heterocycles. The largest absolute Gasteiger partial charge is 1.00 e. The Morgan fingerprint density at radius 1 is 1.00 bits per heavy atom. The molecule has 3 heteroatoms. The van der Waals surface area contributed by atoms with Gasteiger partial charge in [0.2, 0.25) is 0 Å². The van der Waals surface area contributed by atoms with E-state index < -0.39 is 0 Å². The summed E-state index contributed by atoms with van der Waals surface area (Å²) in [7, 11) is 0. The summed E-state index contributed by atoms with van der Waals surface area (Å²) < 4.78 is 4.94. The maximum atomic E-state index is 4.94. The van der Waals surface area contributed by atoms with Gasteiger partial charge >= 0.3 is 29.6 Å². The smallest absolute Gasteiger partial charge is 0.870 e. The first-order valence-electron chi connectivity index (χ1n) is 2.08. The van der Waals surface area contributed by atoms with Gasteiger partial charge in [-0.25, -0.2) is 0 Å². The van der Waals surface area contributed by atoms with Gasteiger partial charge in [-0.2, -0.15) is 0 Å². The molecule has 1 saturated heterocycles. The first kappa shape index (κ1) is 10.8. The summed E-state index contributed by atoms with van der Waals surface area (Å²) in [5.41, 5.74) is 0. The van der Waals surface area contributed by atoms with Crippen LogP contribution in [0.1, 0.15) is 12.8 Å². The molecule has 1 N–H and O–H groups in total. The predicted molar refractivity (Wildman–Crippen MR) is 22.0 cm³/mol. The molecule has 0 unspecified atom stereocenters. The third kappa shape index (κ3) is 4.78. The van der Waals surface area contributed by atoms with E-state index in [0.29, 0.717) is 0 Å². The summed E-state index contributed by atoms with van der Waals surface area (Å²) in [5.74, 6) is 0. The van der Waals surface area contributed by atoms with Crippen molar-refractivity contribution in [3.8, 4) is 0 Å². The molecular formula is C4H9NaO2. The van der Waals surface area contributed by atoms with Gasteiger partial charge in [0.25, 0.3) is 0 Å². The molecule has 38 valence electrons. The van der Waals surface area contributed by atoms with Crippen molar-refractivity contribution in [1.82, 2.24) is 0 Å². The van der Waals surface area contributed by atoms with Crippen molar-refractivity contribution in [2.24, 2.45) is 0 Å². The van der Waals surface area contributed by atoms with Gasteiger partial charge in [-0.15, -0.1) is 0 Å². The monoisotopic (exact) mass is 112 g/mol. The van der Waals surface area contributed by atoms with Gasteiger partial charge in [-0.1, -0.05) is 0 Å². The normalized spacial score (nSPS) is 17.1. The third-order valence-electron chi connectivity index (χ3n) is 0.827. The summed E-state index contributed by atoms with van der Waals surface area (Å²) in [4.78, 5) is 0. The fourth-order valence-corrected chi connectivity index (χ4v) is 0.510. The Kier molecular flexibility index (Phi) is 10.7. The van der Waals surface area contributed by atoms with E-state index >= 15 is 0 Å². The van der Waals surface area contributed by atoms with E-state index in [1.165, 1.54) is 12.8 Å². The molecule has 0 aliphatic carbocycles. The number of ether oxygens (including phenoxy) is 1. The molecule has 1 rings (SSSR count). The minimum absolute atomic E-state index is 0. The van der Waals surface area contributed by atoms with E-state index in [4.69, 9.17) is 4.74 Å². The van der Waals surface area contributed by atoms with Gasteiger partial charge in [-0.3, -0.25) is 0 Å². The summed E-state index contributed by atoms with van der Waals surface area (Å²) in [6.07, 6.45) is 2.56. The predicted octanol–water partition coefficient (Wildman–Crippen LogP) is -2.38. The van der Waals surface area contributed by atoms with Gasteiger partial charge in [-0.05, 0) is 12.8 Å². The Bertz CT molecular complexity index is 21.3. The molecule has 7 heavy (non-hydrogen) atoms. The fourth-order valence-electron chi connectivity index (χ4n) is 0.510. The summed E-state index contributed by atoms with van der Waals surface area (Å²) in [6.45, 7) is 2.00. The summed E-state index contributed by atoms with van der Waals surface area (Å²) >= 11 is 0. The molecule has 1 aliphatic heterocycles. The SMILES string of the molecule is C1CCOC1.[Na+].[OH-]. The maximum absolute atomic E-state index is 4.94. The Morgan fingerprint density at radius 3 is 1.57 bits per heavy atom. The van der Waals surface area contributed by atoms with Crippen LogP contribution in [-0.4, -0.2) is 18.7 Å². The van der Waals surface area contributed by atoms with Crippen LogP contribution in [0.5, 0.6) is 0 Å². The quantitative estimate of drug-likeness (QED) is 0.328. The van der Waals surface area contributed by atoms with Crippen LogP contribution in [0.15, 0.2) is 0 Å². The van der Waals surface area contributed by atoms with Crippen LogP contribution < -0.4 is 29.6 Å². The summed E-state index contributed by atoms with van der Waals surface area (Å²) in [5, 5.41) is 0. The zero-order valence-corrected chi connectivity index (χ0v) is 6.68. The molecule has 0 saturated carbocycles. The van der Waals surface area contributed by atoms with Gasteiger partial charge in [0, 0.05) is 13.2 Å². The van der Waals surface area contributed by atoms with Crippen molar-refractivity contribution in [2.75, 3.05) is 13.2 Å². The standard InChI is InChI=1S/C4H8O.Na.H2O/c1-2-4-5-3-1;;/h1-4H2;;1H2/q;+1;/p-1. The number of hydrogen-bond acceptors (Lipinski definition) is 2. The number of rotatable bonds is 0. The van der Waals surface area contributed by atoms with Gasteiger partial charge in [0.15, 0.2) is 0 Å². The molecule has 0 aromatic carbocycles. The zero-order chi connectivity index (χ0) is 3.54. The van der Waals surface area contributed by atoms with Crippen LogP contribution in [0.3, 0.4) is 0 Å². The van der Waals surface area contributed by atoms with Crippen LogP contribution in [0.2, 0.25) is 0 Å². The van der Waals surface area contributed by atoms with Crippen LogP contribution in [0.25, 0.3) is 0 Å². The molecule has 2 nitrogen and oxygen atoms in total. The van der Waals surface area contributed by atoms with E-state index in [9.17, 15) is 0 Å². The fraction of sp³-hybridized carbons (Fsp3) is 1.00. The Hall–Kier alpha value is 0.920. The van der Waals surface area contributed by atoms with E-state index in [0.717, 1.165) is 13.2 Å². The third-order valence-corrected chi connectivity index (χ3v) is 0.827. The van der Waals surface area contributed by atoms with Crippen LogP contribution >= 0.6 is 0 Å². The van der Waals surface area contributed by atoms with Crippen LogP contribution in [0, 0.1) is 0 Å². The topological polar surface area (TPSA) is 39.2 Å². The van der Waals surface area contributed by atoms with Crippen LogP contribution in [0.4, 0.5) is 0 Å². The Labute approximate surface area is 65.8 Å². The van der Waals surface area contributed by atoms with Crippen molar-refractivity contribution < 1.29 is 39.8 Å². The minimum atomic E-state index is 0. The first-order chi connectivity index (χ1) is 2.50. The Morgan fingerprint density at radius 2 is 1.43 bits per heavy atom.